The van der Waals surface area contributed by atoms with Crippen LogP contribution in [0.5, 0.6) is 0 Å². The summed E-state index contributed by atoms with van der Waals surface area (Å²) in [6.45, 7) is 20.9. The van der Waals surface area contributed by atoms with E-state index < -0.39 is 0 Å². The van der Waals surface area contributed by atoms with Gasteiger partial charge in [-0.1, -0.05) is 109 Å². The SMILES string of the molecule is Cc1ccc(-c2n(-c3c(C(C)C)cccc3C(C)C)c3p[p-]pc3[n+]2-c2c(C(C)C)cccc2C(C)C)cc1. The number of hydrogen-bond donors (Lipinski definition) is 0. The van der Waals surface area contributed by atoms with Gasteiger partial charge in [-0.15, -0.1) is 0 Å². The van der Waals surface area contributed by atoms with Gasteiger partial charge >= 0.3 is 5.82 Å². The summed E-state index contributed by atoms with van der Waals surface area (Å²) >= 11 is 0. The van der Waals surface area contributed by atoms with Crippen molar-refractivity contribution < 1.29 is 4.57 Å². The number of nitrogens with zero attached hydrogens (tertiary/aromatic N) is 2. The summed E-state index contributed by atoms with van der Waals surface area (Å²) in [5.74, 6) is 3.01. The topological polar surface area (TPSA) is 8.81 Å². The maximum atomic E-state index is 2.67. The van der Waals surface area contributed by atoms with Crippen LogP contribution in [0.25, 0.3) is 33.3 Å². The normalized spacial score (nSPS) is 12.7. The third kappa shape index (κ3) is 5.06. The first-order valence-corrected chi connectivity index (χ1v) is 18.4. The smallest absolute Gasteiger partial charge is 0.300 e. The van der Waals surface area contributed by atoms with Crippen LogP contribution in [-0.4, -0.2) is 4.57 Å². The Labute approximate surface area is 239 Å². The molecule has 0 aliphatic rings. The number of aryl methyl sites for hydroxylation is 1. The van der Waals surface area contributed by atoms with Gasteiger partial charge in [-0.3, -0.25) is 0 Å². The van der Waals surface area contributed by atoms with Gasteiger partial charge in [0, 0.05) is 22.3 Å². The molecular formula is C34H41N2P3. The molecule has 0 aliphatic carbocycles. The number of para-hydroxylation sites is 2. The number of fused-ring (bicyclic) bond motifs is 1. The largest absolute Gasteiger partial charge is 0.454 e. The summed E-state index contributed by atoms with van der Waals surface area (Å²) in [6.07, 6.45) is 0. The zero-order valence-electron chi connectivity index (χ0n) is 24.8. The Bertz CT molecular complexity index is 1470. The summed E-state index contributed by atoms with van der Waals surface area (Å²) in [6, 6.07) is 23.1. The fraction of sp³-hybridized carbons (Fsp3) is 0.382. The fourth-order valence-corrected chi connectivity index (χ4v) is 11.3. The van der Waals surface area contributed by atoms with Crippen LogP contribution in [-0.2, 0) is 0 Å². The van der Waals surface area contributed by atoms with Gasteiger partial charge in [0.05, 0.1) is 5.56 Å². The molecule has 2 nitrogen and oxygen atoms in total. The van der Waals surface area contributed by atoms with Crippen LogP contribution >= 0.6 is 23.3 Å². The van der Waals surface area contributed by atoms with E-state index in [0.717, 1.165) is 0 Å². The van der Waals surface area contributed by atoms with E-state index in [4.69, 9.17) is 0 Å². The molecule has 2 aromatic heterocycles. The molecule has 0 amide bonds. The first-order chi connectivity index (χ1) is 18.6. The molecule has 0 unspecified atom stereocenters. The Morgan fingerprint density at radius 1 is 0.641 bits per heavy atom. The second kappa shape index (κ2) is 11.3. The minimum absolute atomic E-state index is 0.429. The third-order valence-corrected chi connectivity index (χ3v) is 12.6. The predicted molar refractivity (Wildman–Crippen MR) is 174 cm³/mol. The minimum Gasteiger partial charge on any atom is -0.454 e. The molecule has 0 bridgehead atoms. The first-order valence-electron chi connectivity index (χ1n) is 14.3. The van der Waals surface area contributed by atoms with E-state index in [2.05, 4.69) is 132 Å². The molecule has 0 spiro atoms. The molecule has 5 rings (SSSR count). The van der Waals surface area contributed by atoms with Crippen molar-refractivity contribution in [1.82, 2.24) is 4.57 Å². The standard InChI is InChI=1S/C34H41N2P3/c1-20(2)26-12-10-13-27(21(3)4)30(26)35-32(25-18-16-24(9)17-19-25)36(34-33(35)37-39-38-34)31-28(22(5)6)14-11-15-29(31)23(7)8/h10-23H,1-9H3. The molecular weight excluding hydrogens is 529 g/mol. The van der Waals surface area contributed by atoms with E-state index in [1.807, 2.05) is 0 Å². The van der Waals surface area contributed by atoms with E-state index in [1.54, 1.807) is 0 Å². The van der Waals surface area contributed by atoms with E-state index >= 15 is 0 Å². The zero-order valence-corrected chi connectivity index (χ0v) is 27.5. The molecule has 0 saturated carbocycles. The monoisotopic (exact) mass is 570 g/mol. The van der Waals surface area contributed by atoms with Crippen LogP contribution in [0.3, 0.4) is 0 Å². The Balaban J connectivity index is 2.05. The van der Waals surface area contributed by atoms with Crippen LogP contribution in [0, 0.1) is 6.92 Å². The first kappa shape index (κ1) is 28.3. The molecule has 0 aliphatic heterocycles. The summed E-state index contributed by atoms with van der Waals surface area (Å²) in [5, 5.41) is 2.88. The summed E-state index contributed by atoms with van der Waals surface area (Å²) in [5.41, 5.74) is 11.1. The lowest BCUT2D eigenvalue weighted by atomic mass is 9.92. The van der Waals surface area contributed by atoms with Crippen LogP contribution < -0.4 is 4.57 Å². The quantitative estimate of drug-likeness (QED) is 0.172. The molecule has 5 heteroatoms. The Kier molecular flexibility index (Phi) is 8.23. The molecule has 0 fully saturated rings. The van der Waals surface area contributed by atoms with Crippen molar-refractivity contribution in [1.29, 1.82) is 0 Å². The predicted octanol–water partition coefficient (Wildman–Crippen LogP) is 11.8. The van der Waals surface area contributed by atoms with Gasteiger partial charge in [-0.05, 0) is 42.7 Å². The van der Waals surface area contributed by atoms with E-state index in [9.17, 15) is 0 Å². The van der Waals surface area contributed by atoms with Gasteiger partial charge < -0.3 is 7.55 Å². The fourth-order valence-electron chi connectivity index (χ4n) is 5.71. The highest BCUT2D eigenvalue weighted by molar-refractivity contribution is 8.20. The maximum Gasteiger partial charge on any atom is 0.300 e. The Morgan fingerprint density at radius 3 is 1.62 bits per heavy atom. The number of benzene rings is 3. The minimum atomic E-state index is 0.429. The van der Waals surface area contributed by atoms with Gasteiger partial charge in [-0.25, -0.2) is 15.7 Å². The molecule has 0 atom stereocenters. The summed E-state index contributed by atoms with van der Waals surface area (Å²) < 4.78 is 5.33. The Hall–Kier alpha value is -2.23. The highest BCUT2D eigenvalue weighted by Crippen LogP contribution is 2.48. The molecule has 39 heavy (non-hydrogen) atoms. The highest BCUT2D eigenvalue weighted by atomic mass is 32.1. The summed E-state index contributed by atoms with van der Waals surface area (Å²) in [4.78, 5) is 0. The molecule has 0 radical (unpaired) electrons. The average molecular weight is 571 g/mol. The lowest BCUT2D eigenvalue weighted by molar-refractivity contribution is -0.554. The Morgan fingerprint density at radius 2 is 1.13 bits per heavy atom. The van der Waals surface area contributed by atoms with E-state index in [1.165, 1.54) is 84.4 Å². The second-order valence-corrected chi connectivity index (χ2v) is 16.8. The third-order valence-electron chi connectivity index (χ3n) is 7.77. The van der Waals surface area contributed by atoms with Gasteiger partial charge in [0.15, 0.2) is 10.5 Å². The van der Waals surface area contributed by atoms with Crippen LogP contribution in [0.15, 0.2) is 60.7 Å². The van der Waals surface area contributed by atoms with Crippen molar-refractivity contribution >= 4 is 33.8 Å². The van der Waals surface area contributed by atoms with Gasteiger partial charge in [0.1, 0.15) is 11.4 Å². The molecule has 5 aromatic rings. The van der Waals surface area contributed by atoms with Crippen molar-refractivity contribution in [2.75, 3.05) is 0 Å². The van der Waals surface area contributed by atoms with Crippen molar-refractivity contribution in [2.24, 2.45) is 0 Å². The van der Waals surface area contributed by atoms with E-state index in [0.29, 0.717) is 23.7 Å². The molecule has 0 N–H and O–H groups in total. The summed E-state index contributed by atoms with van der Waals surface area (Å²) in [7, 11) is 4.19. The van der Waals surface area contributed by atoms with Crippen molar-refractivity contribution in [3.8, 4) is 22.8 Å². The van der Waals surface area contributed by atoms with Crippen molar-refractivity contribution in [3.63, 3.8) is 0 Å². The maximum absolute atomic E-state index is 2.67. The number of hydrogen-bond acceptors (Lipinski definition) is 0. The molecule has 3 aromatic carbocycles. The number of imidazole rings is 1. The lowest BCUT2D eigenvalue weighted by Crippen LogP contribution is -2.36. The molecule has 2 heterocycles. The average Bonchev–Trinajstić information content (AvgIpc) is 3.48. The molecule has 0 saturated heterocycles. The van der Waals surface area contributed by atoms with Crippen LogP contribution in [0.2, 0.25) is 0 Å². The zero-order chi connectivity index (χ0) is 28.0. The molecule has 202 valence electrons. The highest BCUT2D eigenvalue weighted by Gasteiger charge is 2.34. The number of aromatic nitrogens is 2. The second-order valence-electron chi connectivity index (χ2n) is 12.0. The van der Waals surface area contributed by atoms with Crippen molar-refractivity contribution in [2.45, 2.75) is 86.0 Å². The van der Waals surface area contributed by atoms with Crippen LogP contribution in [0.1, 0.15) is 107 Å². The van der Waals surface area contributed by atoms with Crippen molar-refractivity contribution in [3.05, 3.63) is 88.5 Å². The lowest BCUT2D eigenvalue weighted by Gasteiger charge is -2.20. The number of rotatable bonds is 7. The van der Waals surface area contributed by atoms with Gasteiger partial charge in [0.25, 0.3) is 0 Å². The van der Waals surface area contributed by atoms with Gasteiger partial charge in [-0.2, -0.15) is 9.13 Å². The van der Waals surface area contributed by atoms with Crippen LogP contribution in [0.4, 0.5) is 0 Å². The van der Waals surface area contributed by atoms with Gasteiger partial charge in [0.2, 0.25) is 0 Å². The van der Waals surface area contributed by atoms with E-state index in [-0.39, 0.29) is 0 Å².